The van der Waals surface area contributed by atoms with E-state index in [0.29, 0.717) is 16.8 Å². The van der Waals surface area contributed by atoms with Crippen molar-refractivity contribution in [1.82, 2.24) is 5.32 Å². The molecule has 1 N–H and O–H groups in total. The zero-order valence-corrected chi connectivity index (χ0v) is 13.1. The van der Waals surface area contributed by atoms with E-state index in [1.807, 2.05) is 0 Å². The molecule has 3 rings (SSSR count). The van der Waals surface area contributed by atoms with Crippen molar-refractivity contribution in [1.29, 1.82) is 0 Å². The molecule has 0 aliphatic carbocycles. The second-order valence-electron chi connectivity index (χ2n) is 6.11. The number of cyclic esters (lactones) is 1. The fraction of sp³-hybridized carbons (Fsp3) is 0.353. The Morgan fingerprint density at radius 3 is 2.52 bits per heavy atom. The number of hydrogen-bond donors (Lipinski definition) is 1. The summed E-state index contributed by atoms with van der Waals surface area (Å²) in [6, 6.07) is 6.72. The smallest absolute Gasteiger partial charge is 0.337 e. The van der Waals surface area contributed by atoms with E-state index in [2.05, 4.69) is 10.1 Å². The average Bonchev–Trinajstić information content (AvgIpc) is 2.75. The van der Waals surface area contributed by atoms with Crippen LogP contribution >= 0.6 is 0 Å². The predicted molar refractivity (Wildman–Crippen MR) is 80.5 cm³/mol. The van der Waals surface area contributed by atoms with Gasteiger partial charge in [-0.05, 0) is 31.5 Å². The number of esters is 2. The van der Waals surface area contributed by atoms with Gasteiger partial charge in [0, 0.05) is 12.3 Å². The molecule has 120 valence electrons. The zero-order chi connectivity index (χ0) is 16.8. The van der Waals surface area contributed by atoms with Crippen LogP contribution in [0, 0.1) is 0 Å². The molecule has 0 saturated carbocycles. The maximum Gasteiger partial charge on any atom is 0.337 e. The number of methoxy groups -OCH3 is 1. The Labute approximate surface area is 133 Å². The van der Waals surface area contributed by atoms with Gasteiger partial charge in [0.1, 0.15) is 5.60 Å². The highest BCUT2D eigenvalue weighted by Crippen LogP contribution is 2.42. The highest BCUT2D eigenvalue weighted by Gasteiger charge is 2.47. The van der Waals surface area contributed by atoms with Gasteiger partial charge >= 0.3 is 11.9 Å². The average molecular weight is 315 g/mol. The molecule has 23 heavy (non-hydrogen) atoms. The first-order chi connectivity index (χ1) is 10.8. The molecule has 1 aromatic carbocycles. The molecular weight excluding hydrogens is 298 g/mol. The minimum absolute atomic E-state index is 0.155. The summed E-state index contributed by atoms with van der Waals surface area (Å²) >= 11 is 0. The fourth-order valence-electron chi connectivity index (χ4n) is 3.03. The van der Waals surface area contributed by atoms with Gasteiger partial charge in [0.25, 0.3) is 0 Å². The summed E-state index contributed by atoms with van der Waals surface area (Å²) in [5, 5.41) is 2.76. The van der Waals surface area contributed by atoms with E-state index in [9.17, 15) is 14.4 Å². The number of hydrogen-bond acceptors (Lipinski definition) is 5. The van der Waals surface area contributed by atoms with Crippen LogP contribution in [0.15, 0.2) is 35.5 Å². The maximum atomic E-state index is 12.2. The molecule has 0 radical (unpaired) electrons. The van der Waals surface area contributed by atoms with Gasteiger partial charge in [-0.1, -0.05) is 12.1 Å². The van der Waals surface area contributed by atoms with Crippen LogP contribution in [-0.2, 0) is 19.1 Å². The van der Waals surface area contributed by atoms with Gasteiger partial charge in [0.15, 0.2) is 0 Å². The SMILES string of the molecule is COC(=O)c1ccc([C@@H]2CC(=O)NC3=C2C(=O)OC3(C)C)cc1. The lowest BCUT2D eigenvalue weighted by molar-refractivity contribution is -0.144. The summed E-state index contributed by atoms with van der Waals surface area (Å²) in [7, 11) is 1.31. The number of ether oxygens (including phenoxy) is 2. The molecule has 6 heteroatoms. The van der Waals surface area contributed by atoms with E-state index in [0.717, 1.165) is 5.56 Å². The third-order valence-electron chi connectivity index (χ3n) is 4.18. The van der Waals surface area contributed by atoms with Crippen LogP contribution in [0.5, 0.6) is 0 Å². The Hall–Kier alpha value is -2.63. The maximum absolute atomic E-state index is 12.2. The van der Waals surface area contributed by atoms with Crippen LogP contribution in [-0.4, -0.2) is 30.6 Å². The first-order valence-corrected chi connectivity index (χ1v) is 7.29. The van der Waals surface area contributed by atoms with E-state index in [4.69, 9.17) is 4.74 Å². The molecule has 2 heterocycles. The lowest BCUT2D eigenvalue weighted by atomic mass is 9.82. The Bertz CT molecular complexity index is 730. The summed E-state index contributed by atoms with van der Waals surface area (Å²) < 4.78 is 10.0. The van der Waals surface area contributed by atoms with Crippen molar-refractivity contribution in [3.05, 3.63) is 46.7 Å². The van der Waals surface area contributed by atoms with E-state index >= 15 is 0 Å². The van der Waals surface area contributed by atoms with Gasteiger partial charge in [0.2, 0.25) is 5.91 Å². The fourth-order valence-corrected chi connectivity index (χ4v) is 3.03. The van der Waals surface area contributed by atoms with Crippen molar-refractivity contribution >= 4 is 17.8 Å². The van der Waals surface area contributed by atoms with Crippen LogP contribution in [0.25, 0.3) is 0 Å². The molecule has 1 atom stereocenters. The topological polar surface area (TPSA) is 81.7 Å². The molecule has 0 fully saturated rings. The third kappa shape index (κ3) is 2.50. The molecule has 0 unspecified atom stereocenters. The van der Waals surface area contributed by atoms with Crippen LogP contribution in [0.4, 0.5) is 0 Å². The minimum atomic E-state index is -0.841. The van der Waals surface area contributed by atoms with Crippen LogP contribution < -0.4 is 5.32 Å². The van der Waals surface area contributed by atoms with Gasteiger partial charge in [-0.2, -0.15) is 0 Å². The van der Waals surface area contributed by atoms with Crippen molar-refractivity contribution in [2.24, 2.45) is 0 Å². The second-order valence-corrected chi connectivity index (χ2v) is 6.11. The van der Waals surface area contributed by atoms with Crippen LogP contribution in [0.2, 0.25) is 0 Å². The Kier molecular flexibility index (Phi) is 3.47. The summed E-state index contributed by atoms with van der Waals surface area (Å²) in [6.07, 6.45) is 0.168. The quantitative estimate of drug-likeness (QED) is 0.840. The number of carbonyl (C=O) groups excluding carboxylic acids is 3. The molecule has 0 spiro atoms. The van der Waals surface area contributed by atoms with E-state index in [1.54, 1.807) is 38.1 Å². The molecule has 2 aliphatic rings. The van der Waals surface area contributed by atoms with E-state index in [1.165, 1.54) is 7.11 Å². The molecule has 1 amide bonds. The van der Waals surface area contributed by atoms with Gasteiger partial charge in [-0.15, -0.1) is 0 Å². The molecule has 6 nitrogen and oxygen atoms in total. The van der Waals surface area contributed by atoms with Crippen LogP contribution in [0.1, 0.15) is 42.1 Å². The number of carbonyl (C=O) groups is 3. The lowest BCUT2D eigenvalue weighted by Crippen LogP contribution is -2.38. The first-order valence-electron chi connectivity index (χ1n) is 7.29. The number of benzene rings is 1. The lowest BCUT2D eigenvalue weighted by Gasteiger charge is -2.27. The zero-order valence-electron chi connectivity index (χ0n) is 13.1. The predicted octanol–water partition coefficient (Wildman–Crippen LogP) is 1.67. The van der Waals surface area contributed by atoms with Crippen molar-refractivity contribution < 1.29 is 23.9 Å². The Morgan fingerprint density at radius 2 is 1.91 bits per heavy atom. The Morgan fingerprint density at radius 1 is 1.26 bits per heavy atom. The van der Waals surface area contributed by atoms with Gasteiger partial charge in [-0.3, -0.25) is 4.79 Å². The number of nitrogens with one attached hydrogen (secondary N) is 1. The first kappa shape index (κ1) is 15.3. The monoisotopic (exact) mass is 315 g/mol. The third-order valence-corrected chi connectivity index (χ3v) is 4.18. The number of amides is 1. The Balaban J connectivity index is 2.01. The molecule has 2 aliphatic heterocycles. The molecular formula is C17H17NO5. The normalized spacial score (nSPS) is 22.3. The second kappa shape index (κ2) is 5.22. The number of rotatable bonds is 2. The van der Waals surface area contributed by atoms with Gasteiger partial charge in [-0.25, -0.2) is 9.59 Å². The highest BCUT2D eigenvalue weighted by molar-refractivity contribution is 5.99. The summed E-state index contributed by atoms with van der Waals surface area (Å²) in [6.45, 7) is 3.49. The van der Waals surface area contributed by atoms with Crippen molar-refractivity contribution in [3.8, 4) is 0 Å². The summed E-state index contributed by atoms with van der Waals surface area (Å²) in [5.74, 6) is -1.37. The van der Waals surface area contributed by atoms with Crippen LogP contribution in [0.3, 0.4) is 0 Å². The van der Waals surface area contributed by atoms with E-state index in [-0.39, 0.29) is 18.2 Å². The molecule has 0 aromatic heterocycles. The van der Waals surface area contributed by atoms with Gasteiger partial charge in [0.05, 0.1) is 23.9 Å². The highest BCUT2D eigenvalue weighted by atomic mass is 16.6. The summed E-state index contributed by atoms with van der Waals surface area (Å²) in [5.41, 5.74) is 1.38. The van der Waals surface area contributed by atoms with E-state index < -0.39 is 17.5 Å². The standard InChI is InChI=1S/C17H17NO5/c1-17(2)14-13(16(21)23-17)11(8-12(19)18-14)9-4-6-10(7-5-9)15(20)22-3/h4-7,11H,8H2,1-3H3,(H,18,19)/t11-/m0/s1. The largest absolute Gasteiger partial charge is 0.465 e. The molecule has 0 bridgehead atoms. The van der Waals surface area contributed by atoms with Crippen molar-refractivity contribution in [2.75, 3.05) is 7.11 Å². The summed E-state index contributed by atoms with van der Waals surface area (Å²) in [4.78, 5) is 35.8. The van der Waals surface area contributed by atoms with Crippen molar-refractivity contribution in [3.63, 3.8) is 0 Å². The molecule has 1 aromatic rings. The minimum Gasteiger partial charge on any atom is -0.465 e. The van der Waals surface area contributed by atoms with Crippen molar-refractivity contribution in [2.45, 2.75) is 31.8 Å². The van der Waals surface area contributed by atoms with Gasteiger partial charge < -0.3 is 14.8 Å². The molecule has 0 saturated heterocycles.